The molecule has 1 aliphatic carbocycles. The number of carbonyl (C=O) groups is 13. The fraction of sp³-hybridized carbons (Fsp3) is 0.511. The minimum absolute atomic E-state index is 0.0199. The number of Topliss-reactive ketones (excluding diaryl/α,β-unsaturated/α-hetero) is 1. The number of anilines is 1. The number of amides is 11. The normalized spacial score (nSPS) is 26.2. The number of nitrogens with one attached hydrogen (secondary N) is 9. The van der Waals surface area contributed by atoms with Crippen molar-refractivity contribution in [1.29, 1.82) is 0 Å². The van der Waals surface area contributed by atoms with Gasteiger partial charge in [-0.05, 0) is 137 Å². The van der Waals surface area contributed by atoms with Gasteiger partial charge in [-0.3, -0.25) is 48.5 Å². The van der Waals surface area contributed by atoms with Crippen molar-refractivity contribution in [2.45, 2.75) is 209 Å². The third-order valence-electron chi connectivity index (χ3n) is 22.9. The lowest BCUT2D eigenvalue weighted by molar-refractivity contribution is -0.162. The van der Waals surface area contributed by atoms with Gasteiger partial charge in [0, 0.05) is 94.7 Å². The maximum Gasteiger partial charge on any atom is 0.409 e. The Bertz CT molecular complexity index is 4710. The molecule has 11 amide bonds. The van der Waals surface area contributed by atoms with Crippen LogP contribution in [0, 0.1) is 11.8 Å². The molecule has 4 bridgehead atoms. The first-order valence-corrected chi connectivity index (χ1v) is 47.3. The molecule has 5 aliphatic rings. The molecular formula is C88H115ClN12O22S4. The number of benzene rings is 4. The predicted octanol–water partition coefficient (Wildman–Crippen LogP) is 5.67. The number of carbonyl (C=O) groups excluding carboxylic acids is 12. The maximum atomic E-state index is 15.3. The smallest absolute Gasteiger partial charge is 0.409 e. The summed E-state index contributed by atoms with van der Waals surface area (Å²) in [5.41, 5.74) is 7.91. The van der Waals surface area contributed by atoms with Crippen LogP contribution in [-0.2, 0) is 97.4 Å². The highest BCUT2D eigenvalue weighted by Crippen LogP contribution is 2.50. The molecule has 0 spiro atoms. The summed E-state index contributed by atoms with van der Waals surface area (Å²) in [6, 6.07) is 12.6. The zero-order chi connectivity index (χ0) is 92.6. The molecule has 127 heavy (non-hydrogen) atoms. The molecule has 17 atom stereocenters. The number of unbranched alkanes of at least 4 members (excludes halogenated alkanes) is 1. The van der Waals surface area contributed by atoms with E-state index in [0.717, 1.165) is 64.8 Å². The van der Waals surface area contributed by atoms with Gasteiger partial charge in [-0.15, -0.1) is 0 Å². The Morgan fingerprint density at radius 2 is 1.54 bits per heavy atom. The molecule has 0 aromatic heterocycles. The third kappa shape index (κ3) is 28.1. The van der Waals surface area contributed by atoms with Gasteiger partial charge in [-0.1, -0.05) is 158 Å². The number of esters is 1. The molecule has 4 heterocycles. The van der Waals surface area contributed by atoms with Crippen molar-refractivity contribution >= 4 is 143 Å². The van der Waals surface area contributed by atoms with Gasteiger partial charge in [0.15, 0.2) is 11.5 Å². The number of ether oxygens (including phenoxy) is 5. The Morgan fingerprint density at radius 3 is 2.24 bits per heavy atom. The van der Waals surface area contributed by atoms with E-state index in [2.05, 4.69) is 47.9 Å². The van der Waals surface area contributed by atoms with Gasteiger partial charge >= 0.3 is 24.1 Å². The second-order valence-corrected chi connectivity index (χ2v) is 37.8. The molecule has 4 aliphatic heterocycles. The number of aliphatic hydroxyl groups excluding tert-OH is 1. The summed E-state index contributed by atoms with van der Waals surface area (Å²) in [6.45, 7) is 9.88. The predicted molar refractivity (Wildman–Crippen MR) is 483 cm³/mol. The quantitative estimate of drug-likeness (QED) is 0.0135. The molecule has 0 radical (unpaired) electrons. The molecule has 690 valence electrons. The molecule has 15 N–H and O–H groups in total. The molecular weight excluding hydrogens is 1740 g/mol. The number of aliphatic carboxylic acids is 1. The number of nitrogens with two attached hydrogens (primary N) is 1. The number of aromatic hydroxyl groups is 1. The third-order valence-corrected chi connectivity index (χ3v) is 28.1. The first-order valence-electron chi connectivity index (χ1n) is 41.9. The highest BCUT2D eigenvalue weighted by atomic mass is 35.5. The van der Waals surface area contributed by atoms with Crippen LogP contribution in [0.25, 0.3) is 5.57 Å². The van der Waals surface area contributed by atoms with Crippen molar-refractivity contribution in [3.63, 3.8) is 0 Å². The van der Waals surface area contributed by atoms with Crippen molar-refractivity contribution in [1.82, 2.24) is 52.8 Å². The van der Waals surface area contributed by atoms with Crippen molar-refractivity contribution in [3.8, 4) is 11.5 Å². The van der Waals surface area contributed by atoms with Crippen molar-refractivity contribution in [2.75, 3.05) is 69.3 Å². The number of methoxy groups -OCH3 is 2. The topological polar surface area (TPSA) is 493 Å². The number of hydrogen-bond acceptors (Lipinski definition) is 26. The Hall–Kier alpha value is -9.90. The minimum atomic E-state index is -1.96. The Morgan fingerprint density at radius 1 is 0.843 bits per heavy atom. The monoisotopic (exact) mass is 1850 g/mol. The maximum absolute atomic E-state index is 15.3. The standard InChI is InChI=1S/C88H115ClN12O22S4/c1-11-91-85(116)97-61(38-52-21-13-12-14-22-52)79(109)94-63-45-126-127-46-64(95-82(112)75(51(5)102)98-78(108)60(25-17-18-34-90)92-80(110)62(41-56-30-29-55-23-15-16-24-59(55)56)93-77(107)57(42-67(63)104)37-53-27-31-58(103)32-28-53)81(111)96-65(83(113)114)47-125-124-35-33-72(105)100(7)50(4)84(115)122-71-43-73(106)101(8)66-39-54(40-68(119-9)74(66)89)36-48(2)20-19-26-70(120-10)88(118)44-69(121-86(117)99-88)49(3)76-87(71,6)123-76/h12-16,19-24,26-28,30-32,39-40,49-51,57,60-65,69-71,75-76,102-103,118H,11,17-18,25,29,33-38,41-47,90H2,1-10H3,(H,92,110)(H,93,107)(H,94,109)(H,95,112)(H,96,111)(H,98,108)(H,99,117)(H,113,114)(H2,91,97,116)/b26-19+,48-20+/t49-,50+,51-,57-,60+,61-,62-,63+,64+,65+,69+,70-,71+,75+,76+,87+,88+/m1/s1. The van der Waals surface area contributed by atoms with Crippen LogP contribution in [0.1, 0.15) is 121 Å². The van der Waals surface area contributed by atoms with E-state index in [1.807, 2.05) is 37.3 Å². The molecule has 3 fully saturated rings. The van der Waals surface area contributed by atoms with E-state index < -0.39 is 198 Å². The minimum Gasteiger partial charge on any atom is -0.508 e. The number of epoxide rings is 1. The van der Waals surface area contributed by atoms with Crippen LogP contribution < -0.4 is 63.2 Å². The van der Waals surface area contributed by atoms with Crippen LogP contribution in [0.4, 0.5) is 15.3 Å². The number of hydrogen-bond donors (Lipinski definition) is 14. The number of phenolic OH excluding ortho intramolecular Hbond substituents is 1. The van der Waals surface area contributed by atoms with Crippen LogP contribution in [0.3, 0.4) is 0 Å². The van der Waals surface area contributed by atoms with Crippen molar-refractivity contribution in [3.05, 3.63) is 154 Å². The molecule has 9 rings (SSSR count). The van der Waals surface area contributed by atoms with Gasteiger partial charge < -0.3 is 102 Å². The summed E-state index contributed by atoms with van der Waals surface area (Å²) < 4.78 is 29.7. The Balaban J connectivity index is 0.931. The number of halogens is 1. The largest absolute Gasteiger partial charge is 0.508 e. The van der Waals surface area contributed by atoms with Crippen LogP contribution in [-0.4, -0.2) is 257 Å². The molecule has 4 aromatic carbocycles. The number of urea groups is 1. The molecule has 34 nitrogen and oxygen atoms in total. The van der Waals surface area contributed by atoms with Crippen LogP contribution in [0.2, 0.25) is 5.02 Å². The van der Waals surface area contributed by atoms with Gasteiger partial charge in [-0.25, -0.2) is 19.2 Å². The first kappa shape index (κ1) is 101. The SMILES string of the molecule is CCNC(=O)N[C@H](Cc1ccccc1)C(=O)N[C@H]1CSSC[C@@H](C(=O)N[C@@H](CSSCCC(=O)N(C)[C@@H](C)C(=O)O[C@H]2CC(=O)N(C)c3cc(cc(OC)c3Cl)C/C(C)=C/C=C/[C@@H](OC)[C@@]3(O)C[C@H](OC(=O)N3)[C@@H](C)[C@@H]3O[C@@]23C)C(=O)O)NC(=O)[C@H]([C@@H](C)O)NC(=O)[C@H](CCCCN)NC(=O)[C@@H](CC2=CCc3ccccc32)NC(=O)[C@H](Cc2ccc(O)cc2)CC1=O. The first-order chi connectivity index (χ1) is 60.5. The van der Waals surface area contributed by atoms with Crippen LogP contribution in [0.5, 0.6) is 11.5 Å². The summed E-state index contributed by atoms with van der Waals surface area (Å²) in [7, 11) is 9.50. The zero-order valence-corrected chi connectivity index (χ0v) is 76.5. The molecule has 3 saturated heterocycles. The van der Waals surface area contributed by atoms with E-state index >= 15 is 14.4 Å². The fourth-order valence-corrected chi connectivity index (χ4v) is 20.1. The number of likely N-dealkylation sites (N-methyl/N-ethyl adjacent to an activating group) is 1. The molecule has 0 saturated carbocycles. The lowest BCUT2D eigenvalue weighted by Gasteiger charge is -2.42. The summed E-state index contributed by atoms with van der Waals surface area (Å²) in [5.74, 6) is -12.8. The second-order valence-electron chi connectivity index (χ2n) is 32.3. The number of aliphatic hydroxyl groups is 2. The number of allylic oxidation sites excluding steroid dienone is 4. The van der Waals surface area contributed by atoms with E-state index in [1.165, 1.54) is 59.2 Å². The number of carboxylic acid groups (broad SMARTS) is 1. The highest BCUT2D eigenvalue weighted by Gasteiger charge is 2.65. The summed E-state index contributed by atoms with van der Waals surface area (Å²) >= 11 is 6.90. The van der Waals surface area contributed by atoms with Gasteiger partial charge in [0.25, 0.3) is 0 Å². The van der Waals surface area contributed by atoms with E-state index in [4.69, 9.17) is 41.0 Å². The summed E-state index contributed by atoms with van der Waals surface area (Å²) in [4.78, 5) is 190. The van der Waals surface area contributed by atoms with E-state index in [0.29, 0.717) is 41.5 Å². The van der Waals surface area contributed by atoms with Crippen LogP contribution in [0.15, 0.2) is 121 Å². The van der Waals surface area contributed by atoms with Crippen molar-refractivity contribution in [2.24, 2.45) is 17.6 Å². The second kappa shape index (κ2) is 47.4. The van der Waals surface area contributed by atoms with E-state index in [-0.39, 0.29) is 97.5 Å². The van der Waals surface area contributed by atoms with Gasteiger partial charge in [0.2, 0.25) is 47.3 Å². The number of phenols is 1. The average Bonchev–Trinajstić information content (AvgIpc) is 1.57. The van der Waals surface area contributed by atoms with Gasteiger partial charge in [0.05, 0.1) is 37.5 Å². The number of carboxylic acids is 1. The highest BCUT2D eigenvalue weighted by molar-refractivity contribution is 8.77. The Labute approximate surface area is 758 Å². The number of ketones is 1. The number of rotatable bonds is 29. The average molecular weight is 1860 g/mol. The molecule has 39 heteroatoms. The lowest BCUT2D eigenvalue weighted by atomic mass is 9.83. The van der Waals surface area contributed by atoms with E-state index in [9.17, 15) is 68.4 Å². The van der Waals surface area contributed by atoms with Gasteiger partial charge in [-0.2, -0.15) is 0 Å². The summed E-state index contributed by atoms with van der Waals surface area (Å²) in [6.07, 6.45) is -0.257. The zero-order valence-electron chi connectivity index (χ0n) is 72.5. The molecule has 0 unspecified atom stereocenters. The number of alkyl carbamates (subject to hydrolysis) is 1. The van der Waals surface area contributed by atoms with Gasteiger partial charge in [0.1, 0.15) is 82.7 Å². The van der Waals surface area contributed by atoms with Crippen LogP contribution >= 0.6 is 54.8 Å². The van der Waals surface area contributed by atoms with Crippen molar-refractivity contribution < 1.29 is 106 Å². The number of nitrogens with zero attached hydrogens (tertiary/aromatic N) is 2. The fourth-order valence-electron chi connectivity index (χ4n) is 15.3. The van der Waals surface area contributed by atoms with E-state index in [1.54, 1.807) is 93.6 Å². The Kier molecular flexibility index (Phi) is 37.7. The summed E-state index contributed by atoms with van der Waals surface area (Å²) in [5, 5.41) is 68.4. The lowest BCUT2D eigenvalue weighted by Crippen LogP contribution is -2.63. The molecule has 4 aromatic rings. The number of fused-ring (bicyclic) bond motifs is 6.